The molecule has 1 fully saturated rings. The van der Waals surface area contributed by atoms with Crippen molar-refractivity contribution < 1.29 is 24.8 Å². The lowest BCUT2D eigenvalue weighted by Crippen LogP contribution is -3.00. The van der Waals surface area contributed by atoms with E-state index in [1.165, 1.54) is 6.07 Å². The molecule has 1 saturated heterocycles. The Kier molecular flexibility index (Phi) is 5.74. The number of pyridine rings is 1. The average Bonchev–Trinajstić information content (AvgIpc) is 2.81. The van der Waals surface area contributed by atoms with Crippen LogP contribution in [0.15, 0.2) is 38.3 Å². The maximum Gasteiger partial charge on any atom is 0.339 e. The first kappa shape index (κ1) is 23.3. The number of aryl methyl sites for hydroxylation is 2. The number of rotatable bonds is 4. The van der Waals surface area contributed by atoms with E-state index in [0.717, 1.165) is 23.1 Å². The summed E-state index contributed by atoms with van der Waals surface area (Å²) >= 11 is 0. The minimum absolute atomic E-state index is 0.0369. The first-order valence-corrected chi connectivity index (χ1v) is 11.6. The molecule has 3 unspecified atom stereocenters. The van der Waals surface area contributed by atoms with E-state index in [9.17, 15) is 29.9 Å². The molecule has 0 aliphatic carbocycles. The molecular weight excluding hydrogens is 454 g/mol. The van der Waals surface area contributed by atoms with Gasteiger partial charge in [0.2, 0.25) is 11.6 Å². The summed E-state index contributed by atoms with van der Waals surface area (Å²) in [6.45, 7) is 4.83. The molecule has 0 spiro atoms. The topological polar surface area (TPSA) is 140 Å². The van der Waals surface area contributed by atoms with Crippen molar-refractivity contribution in [1.82, 2.24) is 9.47 Å². The molecule has 10 nitrogen and oxygen atoms in total. The standard InChI is InChI=1S/C25H27N3O7/c1-13-17-3-7-21(29)14(2)23(17)35-25(32)18(13)4-8-22(30)26-10-15-9-16(12-26)19-5-6-20(28(33)34)24(31)27(19)11-15/h3,5-7,15-16,28-29,33H,4,8-12H2,1-2H3. The first-order chi connectivity index (χ1) is 16.7. The molecule has 1 amide bonds. The van der Waals surface area contributed by atoms with Crippen molar-refractivity contribution in [1.29, 1.82) is 0 Å². The molecule has 4 heterocycles. The molecule has 2 aromatic heterocycles. The number of carbonyl (C=O) groups is 1. The maximum atomic E-state index is 13.1. The van der Waals surface area contributed by atoms with Crippen LogP contribution in [0.5, 0.6) is 5.75 Å². The number of carbonyl (C=O) groups excluding carboxylic acids is 1. The predicted octanol–water partition coefficient (Wildman–Crippen LogP) is 1.26. The van der Waals surface area contributed by atoms with Crippen LogP contribution in [0.4, 0.5) is 5.69 Å². The zero-order chi connectivity index (χ0) is 25.0. The maximum absolute atomic E-state index is 13.1. The van der Waals surface area contributed by atoms with Crippen molar-refractivity contribution in [3.63, 3.8) is 0 Å². The van der Waals surface area contributed by atoms with E-state index in [-0.39, 0.29) is 42.0 Å². The van der Waals surface area contributed by atoms with Gasteiger partial charge in [-0.15, -0.1) is 0 Å². The van der Waals surface area contributed by atoms with E-state index in [1.807, 2.05) is 6.92 Å². The van der Waals surface area contributed by atoms with Gasteiger partial charge in [-0.25, -0.2) is 10.0 Å². The second-order valence-electron chi connectivity index (χ2n) is 9.57. The highest BCUT2D eigenvalue weighted by Gasteiger charge is 2.37. The number of phenolic OH excluding ortho intramolecular Hbond substituents is 1. The molecule has 2 aliphatic rings. The molecule has 3 atom stereocenters. The molecule has 3 aromatic rings. The van der Waals surface area contributed by atoms with Crippen LogP contribution in [0.3, 0.4) is 0 Å². The third-order valence-corrected chi connectivity index (χ3v) is 7.45. The lowest BCUT2D eigenvalue weighted by molar-refractivity contribution is -0.992. The number of nitrogens with zero attached hydrogens (tertiary/aromatic N) is 2. The van der Waals surface area contributed by atoms with Crippen LogP contribution >= 0.6 is 0 Å². The SMILES string of the molecule is Cc1c(CCC(=O)N2CC3CC(C2)c2ccc([NH+]([O-])O)c(=O)n2C3)c(=O)oc2c(C)c(O)ccc12. The number of fused-ring (bicyclic) bond motifs is 5. The number of quaternary nitrogens is 1. The summed E-state index contributed by atoms with van der Waals surface area (Å²) in [4.78, 5) is 40.2. The van der Waals surface area contributed by atoms with Gasteiger partial charge < -0.3 is 24.2 Å². The minimum Gasteiger partial charge on any atom is -0.595 e. The van der Waals surface area contributed by atoms with Gasteiger partial charge in [-0.05, 0) is 56.4 Å². The molecule has 1 aromatic carbocycles. The van der Waals surface area contributed by atoms with Crippen LogP contribution in [-0.4, -0.2) is 38.8 Å². The number of benzene rings is 1. The summed E-state index contributed by atoms with van der Waals surface area (Å²) in [5.41, 5.74) is 1.57. The zero-order valence-corrected chi connectivity index (χ0v) is 19.5. The van der Waals surface area contributed by atoms with Crippen LogP contribution < -0.4 is 16.4 Å². The minimum atomic E-state index is -1.24. The summed E-state index contributed by atoms with van der Waals surface area (Å²) in [5.74, 6) is 0.0141. The number of piperidine rings is 1. The Labute approximate surface area is 200 Å². The van der Waals surface area contributed by atoms with Gasteiger partial charge in [0, 0.05) is 60.2 Å². The molecule has 0 radical (unpaired) electrons. The van der Waals surface area contributed by atoms with Gasteiger partial charge in [0.15, 0.2) is 0 Å². The van der Waals surface area contributed by atoms with Gasteiger partial charge in [-0.2, -0.15) is 5.23 Å². The third kappa shape index (κ3) is 3.93. The molecule has 5 rings (SSSR count). The van der Waals surface area contributed by atoms with Crippen molar-refractivity contribution in [3.8, 4) is 5.75 Å². The van der Waals surface area contributed by atoms with E-state index in [0.29, 0.717) is 36.3 Å². The van der Waals surface area contributed by atoms with Crippen LogP contribution in [0, 0.1) is 25.0 Å². The number of hydrogen-bond donors (Lipinski definition) is 3. The largest absolute Gasteiger partial charge is 0.595 e. The Balaban J connectivity index is 1.34. The normalized spacial score (nSPS) is 20.1. The Morgan fingerprint density at radius 1 is 1.14 bits per heavy atom. The number of hydrogen-bond acceptors (Lipinski definition) is 7. The highest BCUT2D eigenvalue weighted by atomic mass is 16.8. The average molecular weight is 482 g/mol. The highest BCUT2D eigenvalue weighted by Crippen LogP contribution is 2.35. The summed E-state index contributed by atoms with van der Waals surface area (Å²) < 4.78 is 7.03. The molecule has 10 heteroatoms. The molecule has 35 heavy (non-hydrogen) atoms. The number of likely N-dealkylation sites (tertiary alicyclic amines) is 1. The molecular formula is C25H27N3O7. The number of nitrogens with one attached hydrogen (secondary N) is 1. The van der Waals surface area contributed by atoms with E-state index >= 15 is 0 Å². The van der Waals surface area contributed by atoms with Crippen molar-refractivity contribution in [3.05, 3.63) is 72.6 Å². The van der Waals surface area contributed by atoms with Gasteiger partial charge in [-0.1, -0.05) is 0 Å². The summed E-state index contributed by atoms with van der Waals surface area (Å²) in [5, 5.41) is 30.0. The molecule has 2 bridgehead atoms. The molecule has 3 N–H and O–H groups in total. The van der Waals surface area contributed by atoms with Gasteiger partial charge >= 0.3 is 11.2 Å². The number of phenols is 1. The third-order valence-electron chi connectivity index (χ3n) is 7.45. The Morgan fingerprint density at radius 2 is 1.91 bits per heavy atom. The van der Waals surface area contributed by atoms with Crippen molar-refractivity contribution in [2.75, 3.05) is 13.1 Å². The van der Waals surface area contributed by atoms with E-state index in [1.54, 1.807) is 34.6 Å². The zero-order valence-electron chi connectivity index (χ0n) is 19.5. The monoisotopic (exact) mass is 481 g/mol. The highest BCUT2D eigenvalue weighted by molar-refractivity contribution is 5.85. The van der Waals surface area contributed by atoms with E-state index in [2.05, 4.69) is 0 Å². The first-order valence-electron chi connectivity index (χ1n) is 11.6. The predicted molar refractivity (Wildman–Crippen MR) is 126 cm³/mol. The lowest BCUT2D eigenvalue weighted by Gasteiger charge is -2.43. The Morgan fingerprint density at radius 3 is 2.66 bits per heavy atom. The van der Waals surface area contributed by atoms with Crippen molar-refractivity contribution in [2.45, 2.75) is 45.6 Å². The van der Waals surface area contributed by atoms with E-state index < -0.39 is 16.4 Å². The van der Waals surface area contributed by atoms with Gasteiger partial charge in [-0.3, -0.25) is 9.59 Å². The Bertz CT molecular complexity index is 1460. The van der Waals surface area contributed by atoms with Crippen LogP contribution in [-0.2, 0) is 17.8 Å². The van der Waals surface area contributed by atoms with Gasteiger partial charge in [0.25, 0.3) is 0 Å². The fourth-order valence-corrected chi connectivity index (χ4v) is 5.57. The van der Waals surface area contributed by atoms with Gasteiger partial charge in [0.05, 0.1) is 0 Å². The molecule has 184 valence electrons. The quantitative estimate of drug-likeness (QED) is 0.376. The van der Waals surface area contributed by atoms with Crippen LogP contribution in [0.25, 0.3) is 11.0 Å². The van der Waals surface area contributed by atoms with E-state index in [4.69, 9.17) is 4.42 Å². The van der Waals surface area contributed by atoms with Gasteiger partial charge in [0.1, 0.15) is 11.3 Å². The second kappa shape index (κ2) is 8.63. The molecule has 0 saturated carbocycles. The van der Waals surface area contributed by atoms with Crippen LogP contribution in [0.2, 0.25) is 0 Å². The number of aromatic nitrogens is 1. The fourth-order valence-electron chi connectivity index (χ4n) is 5.57. The van der Waals surface area contributed by atoms with Crippen molar-refractivity contribution >= 4 is 22.6 Å². The number of amides is 1. The second-order valence-corrected chi connectivity index (χ2v) is 9.57. The summed E-state index contributed by atoms with van der Waals surface area (Å²) in [6, 6.07) is 6.31. The molecule has 2 aliphatic heterocycles. The Hall–Kier alpha value is -3.47. The van der Waals surface area contributed by atoms with Crippen molar-refractivity contribution in [2.24, 2.45) is 5.92 Å². The van der Waals surface area contributed by atoms with Crippen LogP contribution in [0.1, 0.15) is 41.1 Å². The summed E-state index contributed by atoms with van der Waals surface area (Å²) in [7, 11) is 0. The number of aromatic hydroxyl groups is 1. The smallest absolute Gasteiger partial charge is 0.339 e. The fraction of sp³-hybridized carbons (Fsp3) is 0.400. The lowest BCUT2D eigenvalue weighted by atomic mass is 9.83. The summed E-state index contributed by atoms with van der Waals surface area (Å²) in [6.07, 6.45) is 1.24.